The van der Waals surface area contributed by atoms with Gasteiger partial charge in [0.05, 0.1) is 0 Å². The Morgan fingerprint density at radius 2 is 1.71 bits per heavy atom. The van der Waals surface area contributed by atoms with Gasteiger partial charge in [-0.1, -0.05) is 53.9 Å². The lowest BCUT2D eigenvalue weighted by atomic mass is 9.95. The lowest BCUT2D eigenvalue weighted by molar-refractivity contribution is 0.334. The first kappa shape index (κ1) is 14.0. The summed E-state index contributed by atoms with van der Waals surface area (Å²) in [4.78, 5) is 0. The molecule has 1 nitrogen and oxygen atoms in total. The van der Waals surface area contributed by atoms with E-state index < -0.39 is 0 Å². The van der Waals surface area contributed by atoms with Gasteiger partial charge in [0.1, 0.15) is 0 Å². The molecule has 14 heavy (non-hydrogen) atoms. The molecule has 0 fully saturated rings. The maximum atomic E-state index is 3.67. The van der Waals surface area contributed by atoms with Crippen LogP contribution in [-0.2, 0) is 0 Å². The van der Waals surface area contributed by atoms with Crippen LogP contribution in [0.5, 0.6) is 0 Å². The number of rotatable bonds is 7. The van der Waals surface area contributed by atoms with Gasteiger partial charge in [-0.3, -0.25) is 0 Å². The number of unbranched alkanes of at least 4 members (excludes halogenated alkanes) is 2. The summed E-state index contributed by atoms with van der Waals surface area (Å²) in [6, 6.07) is 0.737. The maximum Gasteiger partial charge on any atom is 0.00646 e. The van der Waals surface area contributed by atoms with Crippen molar-refractivity contribution < 1.29 is 0 Å². The zero-order valence-corrected chi connectivity index (χ0v) is 10.8. The highest BCUT2D eigenvalue weighted by Crippen LogP contribution is 2.13. The Hall–Kier alpha value is -0.0400. The van der Waals surface area contributed by atoms with Crippen LogP contribution in [0.1, 0.15) is 66.7 Å². The summed E-state index contributed by atoms with van der Waals surface area (Å²) < 4.78 is 0. The third kappa shape index (κ3) is 8.55. The second kappa shape index (κ2) is 7.28. The normalized spacial score (nSPS) is 14.4. The van der Waals surface area contributed by atoms with E-state index >= 15 is 0 Å². The van der Waals surface area contributed by atoms with E-state index in [0.29, 0.717) is 5.41 Å². The molecular formula is C13H29N. The van der Waals surface area contributed by atoms with Crippen LogP contribution in [0.25, 0.3) is 0 Å². The van der Waals surface area contributed by atoms with E-state index in [-0.39, 0.29) is 0 Å². The SMILES string of the molecule is CCCCCC(CC)NCC(C)(C)C. The van der Waals surface area contributed by atoms with E-state index in [1.54, 1.807) is 0 Å². The van der Waals surface area contributed by atoms with Crippen LogP contribution in [0.4, 0.5) is 0 Å². The van der Waals surface area contributed by atoms with E-state index in [4.69, 9.17) is 0 Å². The van der Waals surface area contributed by atoms with Gasteiger partial charge in [0.15, 0.2) is 0 Å². The first-order valence-corrected chi connectivity index (χ1v) is 6.23. The summed E-state index contributed by atoms with van der Waals surface area (Å²) in [6.45, 7) is 12.6. The van der Waals surface area contributed by atoms with Gasteiger partial charge in [-0.2, -0.15) is 0 Å². The van der Waals surface area contributed by atoms with Crippen LogP contribution in [0, 0.1) is 5.41 Å². The lowest BCUT2D eigenvalue weighted by Crippen LogP contribution is -2.35. The standard InChI is InChI=1S/C13H29N/c1-6-8-9-10-12(7-2)14-11-13(3,4)5/h12,14H,6-11H2,1-5H3. The second-order valence-corrected chi connectivity index (χ2v) is 5.54. The highest BCUT2D eigenvalue weighted by molar-refractivity contribution is 4.71. The van der Waals surface area contributed by atoms with E-state index in [0.717, 1.165) is 12.6 Å². The molecule has 0 rings (SSSR count). The topological polar surface area (TPSA) is 12.0 Å². The molecule has 0 amide bonds. The molecule has 1 atom stereocenters. The van der Waals surface area contributed by atoms with E-state index in [9.17, 15) is 0 Å². The Morgan fingerprint density at radius 1 is 1.07 bits per heavy atom. The van der Waals surface area contributed by atoms with Crippen LogP contribution in [0.2, 0.25) is 0 Å². The van der Waals surface area contributed by atoms with Gasteiger partial charge >= 0.3 is 0 Å². The molecule has 1 N–H and O–H groups in total. The molecule has 1 heteroatoms. The number of hydrogen-bond donors (Lipinski definition) is 1. The van der Waals surface area contributed by atoms with E-state index in [1.807, 2.05) is 0 Å². The van der Waals surface area contributed by atoms with E-state index in [1.165, 1.54) is 32.1 Å². The fraction of sp³-hybridized carbons (Fsp3) is 1.00. The van der Waals surface area contributed by atoms with Gasteiger partial charge < -0.3 is 5.32 Å². The monoisotopic (exact) mass is 199 g/mol. The van der Waals surface area contributed by atoms with Crippen molar-refractivity contribution in [3.05, 3.63) is 0 Å². The predicted molar refractivity (Wildman–Crippen MR) is 65.7 cm³/mol. The van der Waals surface area contributed by atoms with Crippen LogP contribution in [0.15, 0.2) is 0 Å². The molecule has 0 bridgehead atoms. The quantitative estimate of drug-likeness (QED) is 0.612. The Morgan fingerprint density at radius 3 is 2.14 bits per heavy atom. The third-order valence-corrected chi connectivity index (χ3v) is 2.57. The van der Waals surface area contributed by atoms with Crippen molar-refractivity contribution >= 4 is 0 Å². The van der Waals surface area contributed by atoms with Crippen molar-refractivity contribution in [1.82, 2.24) is 5.32 Å². The highest BCUT2D eigenvalue weighted by atomic mass is 14.9. The average Bonchev–Trinajstić information content (AvgIpc) is 2.09. The van der Waals surface area contributed by atoms with Crippen molar-refractivity contribution in [2.75, 3.05) is 6.54 Å². The highest BCUT2D eigenvalue weighted by Gasteiger charge is 2.12. The Kier molecular flexibility index (Phi) is 7.26. The molecule has 0 saturated carbocycles. The first-order chi connectivity index (χ1) is 6.49. The molecule has 0 aliphatic carbocycles. The molecule has 86 valence electrons. The maximum absolute atomic E-state index is 3.67. The Bertz CT molecular complexity index is 124. The average molecular weight is 199 g/mol. The summed E-state index contributed by atoms with van der Waals surface area (Å²) in [6.07, 6.45) is 6.70. The fourth-order valence-electron chi connectivity index (χ4n) is 1.54. The van der Waals surface area contributed by atoms with Gasteiger partial charge in [0.2, 0.25) is 0 Å². The largest absolute Gasteiger partial charge is 0.313 e. The van der Waals surface area contributed by atoms with Gasteiger partial charge in [-0.15, -0.1) is 0 Å². The van der Waals surface area contributed by atoms with Gasteiger partial charge in [0.25, 0.3) is 0 Å². The molecule has 0 radical (unpaired) electrons. The third-order valence-electron chi connectivity index (χ3n) is 2.57. The van der Waals surface area contributed by atoms with E-state index in [2.05, 4.69) is 39.9 Å². The summed E-state index contributed by atoms with van der Waals surface area (Å²) >= 11 is 0. The smallest absolute Gasteiger partial charge is 0.00646 e. The molecule has 0 aliphatic heterocycles. The summed E-state index contributed by atoms with van der Waals surface area (Å²) in [7, 11) is 0. The predicted octanol–water partition coefficient (Wildman–Crippen LogP) is 3.98. The molecule has 0 aromatic carbocycles. The molecule has 0 aromatic heterocycles. The van der Waals surface area contributed by atoms with Crippen LogP contribution in [-0.4, -0.2) is 12.6 Å². The first-order valence-electron chi connectivity index (χ1n) is 6.23. The zero-order valence-electron chi connectivity index (χ0n) is 10.8. The van der Waals surface area contributed by atoms with Crippen molar-refractivity contribution in [2.45, 2.75) is 72.8 Å². The molecule has 0 aliphatic rings. The van der Waals surface area contributed by atoms with Crippen LogP contribution < -0.4 is 5.32 Å². The molecule has 1 unspecified atom stereocenters. The minimum atomic E-state index is 0.415. The Balaban J connectivity index is 3.58. The second-order valence-electron chi connectivity index (χ2n) is 5.54. The fourth-order valence-corrected chi connectivity index (χ4v) is 1.54. The van der Waals surface area contributed by atoms with Crippen molar-refractivity contribution in [2.24, 2.45) is 5.41 Å². The molecule has 0 saturated heterocycles. The molecular weight excluding hydrogens is 170 g/mol. The Labute approximate surface area is 90.7 Å². The van der Waals surface area contributed by atoms with Gasteiger partial charge in [-0.05, 0) is 18.3 Å². The molecule has 0 aromatic rings. The summed E-state index contributed by atoms with van der Waals surface area (Å²) in [5.74, 6) is 0. The number of hydrogen-bond acceptors (Lipinski definition) is 1. The molecule has 0 heterocycles. The lowest BCUT2D eigenvalue weighted by Gasteiger charge is -2.24. The summed E-state index contributed by atoms with van der Waals surface area (Å²) in [5.41, 5.74) is 0.415. The number of nitrogens with one attached hydrogen (secondary N) is 1. The zero-order chi connectivity index (χ0) is 11.0. The van der Waals surface area contributed by atoms with Crippen molar-refractivity contribution in [3.8, 4) is 0 Å². The summed E-state index contributed by atoms with van der Waals surface area (Å²) in [5, 5.41) is 3.67. The van der Waals surface area contributed by atoms with Crippen molar-refractivity contribution in [3.63, 3.8) is 0 Å². The van der Waals surface area contributed by atoms with Crippen LogP contribution in [0.3, 0.4) is 0 Å². The minimum Gasteiger partial charge on any atom is -0.313 e. The van der Waals surface area contributed by atoms with Crippen molar-refractivity contribution in [1.29, 1.82) is 0 Å². The minimum absolute atomic E-state index is 0.415. The van der Waals surface area contributed by atoms with Gasteiger partial charge in [0, 0.05) is 12.6 Å². The van der Waals surface area contributed by atoms with Crippen LogP contribution >= 0.6 is 0 Å². The molecule has 0 spiro atoms. The van der Waals surface area contributed by atoms with Gasteiger partial charge in [-0.25, -0.2) is 0 Å².